The fraction of sp³-hybridized carbons (Fsp3) is 0.500. The number of hydrogen-bond donors (Lipinski definition) is 0. The normalized spacial score (nSPS) is 25.6. The van der Waals surface area contributed by atoms with Gasteiger partial charge >= 0.3 is 5.97 Å². The van der Waals surface area contributed by atoms with Crippen molar-refractivity contribution in [1.29, 1.82) is 0 Å². The number of nitrogens with zero attached hydrogens (tertiary/aromatic N) is 1. The Balaban J connectivity index is 2.17. The zero-order chi connectivity index (χ0) is 12.3. The smallest absolute Gasteiger partial charge is 0.323 e. The lowest BCUT2D eigenvalue weighted by Crippen LogP contribution is -2.48. The molecule has 1 fully saturated rings. The van der Waals surface area contributed by atoms with Crippen molar-refractivity contribution in [3.8, 4) is 0 Å². The highest BCUT2D eigenvalue weighted by atomic mass is 16.5. The van der Waals surface area contributed by atoms with Crippen LogP contribution in [0.25, 0.3) is 0 Å². The van der Waals surface area contributed by atoms with Gasteiger partial charge in [-0.3, -0.25) is 9.69 Å². The lowest BCUT2D eigenvalue weighted by molar-refractivity contribution is -0.161. The number of carbonyl (C=O) groups is 1. The van der Waals surface area contributed by atoms with E-state index >= 15 is 0 Å². The molecule has 3 nitrogen and oxygen atoms in total. The van der Waals surface area contributed by atoms with Crippen LogP contribution in [0.2, 0.25) is 0 Å². The van der Waals surface area contributed by atoms with Crippen LogP contribution in [0.4, 0.5) is 0 Å². The fourth-order valence-electron chi connectivity index (χ4n) is 2.36. The molecular formula is C14H19NO2. The van der Waals surface area contributed by atoms with Gasteiger partial charge in [0.2, 0.25) is 0 Å². The van der Waals surface area contributed by atoms with Crippen molar-refractivity contribution < 1.29 is 9.53 Å². The molecule has 1 aromatic rings. The van der Waals surface area contributed by atoms with Gasteiger partial charge in [0.05, 0.1) is 6.04 Å². The molecule has 0 aromatic heterocycles. The average Bonchev–Trinajstić information content (AvgIpc) is 2.36. The highest BCUT2D eigenvalue weighted by Crippen LogP contribution is 2.27. The van der Waals surface area contributed by atoms with Gasteiger partial charge in [0.25, 0.3) is 0 Å². The van der Waals surface area contributed by atoms with Gasteiger partial charge in [-0.15, -0.1) is 0 Å². The fourth-order valence-corrected chi connectivity index (χ4v) is 2.36. The number of esters is 1. The molecule has 0 bridgehead atoms. The highest BCUT2D eigenvalue weighted by molar-refractivity contribution is 5.76. The first-order valence-corrected chi connectivity index (χ1v) is 6.17. The second-order valence-electron chi connectivity index (χ2n) is 4.53. The van der Waals surface area contributed by atoms with E-state index in [2.05, 4.69) is 24.0 Å². The monoisotopic (exact) mass is 233 g/mol. The molecule has 0 spiro atoms. The summed E-state index contributed by atoms with van der Waals surface area (Å²) in [5.41, 5.74) is 1.21. The second kappa shape index (κ2) is 5.32. The van der Waals surface area contributed by atoms with Crippen LogP contribution in [-0.4, -0.2) is 30.6 Å². The molecule has 0 unspecified atom stereocenters. The number of carbonyl (C=O) groups excluding carboxylic acids is 1. The number of cyclic esters (lactones) is 1. The molecule has 92 valence electrons. The lowest BCUT2D eigenvalue weighted by Gasteiger charge is -2.38. The summed E-state index contributed by atoms with van der Waals surface area (Å²) in [5.74, 6) is -0.0819. The minimum Gasteiger partial charge on any atom is -0.462 e. The molecule has 1 aliphatic heterocycles. The van der Waals surface area contributed by atoms with E-state index < -0.39 is 0 Å². The number of ether oxygens (including phenoxy) is 1. The summed E-state index contributed by atoms with van der Waals surface area (Å²) in [7, 11) is 2.01. The standard InChI is InChI=1S/C14H19NO2/c1-3-7-12-14(16)17-10-13(15(12)2)11-8-5-4-6-9-11/h4-6,8-9,12-13H,3,7,10H2,1-2H3/t12-,13+/m1/s1. The second-order valence-corrected chi connectivity index (χ2v) is 4.53. The van der Waals surface area contributed by atoms with Crippen LogP contribution in [0, 0.1) is 0 Å². The molecule has 0 N–H and O–H groups in total. The molecule has 0 saturated carbocycles. The lowest BCUT2D eigenvalue weighted by atomic mass is 10.0. The first kappa shape index (κ1) is 12.1. The Bertz CT molecular complexity index is 377. The van der Waals surface area contributed by atoms with Gasteiger partial charge in [-0.1, -0.05) is 43.7 Å². The molecule has 3 heteroatoms. The van der Waals surface area contributed by atoms with Crippen molar-refractivity contribution in [1.82, 2.24) is 4.90 Å². The number of likely N-dealkylation sites (N-methyl/N-ethyl adjacent to an activating group) is 1. The van der Waals surface area contributed by atoms with E-state index in [0.717, 1.165) is 12.8 Å². The maximum Gasteiger partial charge on any atom is 0.323 e. The van der Waals surface area contributed by atoms with Crippen LogP contribution < -0.4 is 0 Å². The Morgan fingerprint density at radius 2 is 2.06 bits per heavy atom. The third-order valence-electron chi connectivity index (χ3n) is 3.39. The van der Waals surface area contributed by atoms with Crippen LogP contribution >= 0.6 is 0 Å². The van der Waals surface area contributed by atoms with Crippen LogP contribution in [0.3, 0.4) is 0 Å². The first-order chi connectivity index (χ1) is 8.24. The quantitative estimate of drug-likeness (QED) is 0.751. The summed E-state index contributed by atoms with van der Waals surface area (Å²) in [6.07, 6.45) is 1.85. The molecule has 1 saturated heterocycles. The highest BCUT2D eigenvalue weighted by Gasteiger charge is 2.35. The van der Waals surface area contributed by atoms with Gasteiger partial charge in [-0.25, -0.2) is 0 Å². The first-order valence-electron chi connectivity index (χ1n) is 6.17. The maximum atomic E-state index is 11.7. The summed E-state index contributed by atoms with van der Waals surface area (Å²) < 4.78 is 5.30. The Kier molecular flexibility index (Phi) is 3.79. The number of morpholine rings is 1. The van der Waals surface area contributed by atoms with E-state index in [1.54, 1.807) is 0 Å². The summed E-state index contributed by atoms with van der Waals surface area (Å²) in [5, 5.41) is 0. The Morgan fingerprint density at radius 3 is 2.71 bits per heavy atom. The van der Waals surface area contributed by atoms with E-state index in [1.807, 2.05) is 25.2 Å². The Morgan fingerprint density at radius 1 is 1.35 bits per heavy atom. The minimum atomic E-state index is -0.0982. The van der Waals surface area contributed by atoms with Crippen LogP contribution in [-0.2, 0) is 9.53 Å². The van der Waals surface area contributed by atoms with Crippen molar-refractivity contribution in [3.05, 3.63) is 35.9 Å². The van der Waals surface area contributed by atoms with Gasteiger partial charge in [0.1, 0.15) is 12.6 Å². The van der Waals surface area contributed by atoms with Crippen molar-refractivity contribution in [2.24, 2.45) is 0 Å². The predicted molar refractivity (Wildman–Crippen MR) is 66.6 cm³/mol. The van der Waals surface area contributed by atoms with E-state index in [4.69, 9.17) is 4.74 Å². The Hall–Kier alpha value is -1.35. The van der Waals surface area contributed by atoms with Gasteiger partial charge < -0.3 is 4.74 Å². The number of hydrogen-bond acceptors (Lipinski definition) is 3. The molecule has 1 heterocycles. The molecule has 0 aliphatic carbocycles. The molecule has 0 radical (unpaired) electrons. The summed E-state index contributed by atoms with van der Waals surface area (Å²) in [6.45, 7) is 2.55. The van der Waals surface area contributed by atoms with Crippen LogP contribution in [0.5, 0.6) is 0 Å². The van der Waals surface area contributed by atoms with Crippen molar-refractivity contribution >= 4 is 5.97 Å². The number of rotatable bonds is 3. The van der Waals surface area contributed by atoms with Crippen molar-refractivity contribution in [2.45, 2.75) is 31.8 Å². The van der Waals surface area contributed by atoms with E-state index in [-0.39, 0.29) is 18.1 Å². The number of benzene rings is 1. The van der Waals surface area contributed by atoms with Gasteiger partial charge in [0, 0.05) is 0 Å². The van der Waals surface area contributed by atoms with Crippen LogP contribution in [0.15, 0.2) is 30.3 Å². The van der Waals surface area contributed by atoms with E-state index in [0.29, 0.717) is 6.61 Å². The summed E-state index contributed by atoms with van der Waals surface area (Å²) in [6, 6.07) is 10.3. The molecule has 0 amide bonds. The average molecular weight is 233 g/mol. The van der Waals surface area contributed by atoms with Gasteiger partial charge in [0.15, 0.2) is 0 Å². The zero-order valence-corrected chi connectivity index (χ0v) is 10.4. The summed E-state index contributed by atoms with van der Waals surface area (Å²) >= 11 is 0. The molecule has 2 rings (SSSR count). The zero-order valence-electron chi connectivity index (χ0n) is 10.4. The molecule has 1 aromatic carbocycles. The van der Waals surface area contributed by atoms with Crippen molar-refractivity contribution in [3.63, 3.8) is 0 Å². The molecule has 17 heavy (non-hydrogen) atoms. The summed E-state index contributed by atoms with van der Waals surface area (Å²) in [4.78, 5) is 13.9. The third-order valence-corrected chi connectivity index (χ3v) is 3.39. The van der Waals surface area contributed by atoms with E-state index in [9.17, 15) is 4.79 Å². The maximum absolute atomic E-state index is 11.7. The SMILES string of the molecule is CCC[C@@H]1C(=O)OC[C@@H](c2ccccc2)N1C. The molecular weight excluding hydrogens is 214 g/mol. The van der Waals surface area contributed by atoms with E-state index in [1.165, 1.54) is 5.56 Å². The molecule has 2 atom stereocenters. The Labute approximate surface area is 102 Å². The minimum absolute atomic E-state index is 0.0819. The molecule has 1 aliphatic rings. The van der Waals surface area contributed by atoms with Crippen LogP contribution in [0.1, 0.15) is 31.4 Å². The van der Waals surface area contributed by atoms with Gasteiger partial charge in [-0.2, -0.15) is 0 Å². The largest absolute Gasteiger partial charge is 0.462 e. The van der Waals surface area contributed by atoms with Crippen molar-refractivity contribution in [2.75, 3.05) is 13.7 Å². The predicted octanol–water partition coefficient (Wildman–Crippen LogP) is 2.39. The topological polar surface area (TPSA) is 29.5 Å². The third kappa shape index (κ3) is 2.50. The van der Waals surface area contributed by atoms with Gasteiger partial charge in [-0.05, 0) is 19.0 Å².